The lowest BCUT2D eigenvalue weighted by atomic mass is 10.2. The zero-order valence-corrected chi connectivity index (χ0v) is 16.0. The highest BCUT2D eigenvalue weighted by molar-refractivity contribution is 5.98. The minimum atomic E-state index is -1.08. The van der Waals surface area contributed by atoms with Gasteiger partial charge in [-0.3, -0.25) is 9.69 Å². The number of aliphatic hydroxyl groups is 2. The number of aliphatic hydroxyl groups excluding tert-OH is 2. The number of carbonyl (C=O) groups excluding carboxylic acids is 2. The standard InChI is InChI=1S/C17H25N5O6/c1-3-27-17(26)21-6-4-20(5-7-21)15-14-16(19-11(2)18-15)22(8-12(24)9-23)13(25)10-28-14/h12,23-24H,3-10H2,1-2H3. The molecule has 28 heavy (non-hydrogen) atoms. The molecule has 3 heterocycles. The van der Waals surface area contributed by atoms with E-state index in [2.05, 4.69) is 9.97 Å². The third kappa shape index (κ3) is 4.09. The van der Waals surface area contributed by atoms with Crippen LogP contribution in [0.4, 0.5) is 16.4 Å². The van der Waals surface area contributed by atoms with Gasteiger partial charge in [-0.25, -0.2) is 14.8 Å². The molecule has 1 aromatic rings. The number of aromatic nitrogens is 2. The lowest BCUT2D eigenvalue weighted by Gasteiger charge is -2.37. The number of rotatable bonds is 5. The fraction of sp³-hybridized carbons (Fsp3) is 0.647. The van der Waals surface area contributed by atoms with Gasteiger partial charge in [-0.15, -0.1) is 0 Å². The molecule has 0 bridgehead atoms. The number of hydrogen-bond acceptors (Lipinski definition) is 9. The summed E-state index contributed by atoms with van der Waals surface area (Å²) in [5.74, 6) is 1.28. The first kappa shape index (κ1) is 20.1. The number of carbonyl (C=O) groups is 2. The predicted molar refractivity (Wildman–Crippen MR) is 98.5 cm³/mol. The molecule has 1 atom stereocenters. The third-order valence-electron chi connectivity index (χ3n) is 4.55. The van der Waals surface area contributed by atoms with Gasteiger partial charge in [0, 0.05) is 26.2 Å². The molecular formula is C17H25N5O6. The summed E-state index contributed by atoms with van der Waals surface area (Å²) in [6.07, 6.45) is -1.42. The molecule has 1 saturated heterocycles. The van der Waals surface area contributed by atoms with Crippen molar-refractivity contribution in [2.45, 2.75) is 20.0 Å². The molecule has 0 aliphatic carbocycles. The number of amides is 2. The van der Waals surface area contributed by atoms with E-state index in [0.717, 1.165) is 0 Å². The maximum atomic E-state index is 12.3. The van der Waals surface area contributed by atoms with Gasteiger partial charge in [0.2, 0.25) is 5.75 Å². The average molecular weight is 395 g/mol. The van der Waals surface area contributed by atoms with Gasteiger partial charge in [0.1, 0.15) is 5.82 Å². The Morgan fingerprint density at radius 2 is 1.93 bits per heavy atom. The Morgan fingerprint density at radius 1 is 1.25 bits per heavy atom. The molecule has 11 nitrogen and oxygen atoms in total. The van der Waals surface area contributed by atoms with Crippen molar-refractivity contribution in [3.05, 3.63) is 5.82 Å². The lowest BCUT2D eigenvalue weighted by molar-refractivity contribution is -0.121. The number of hydrogen-bond donors (Lipinski definition) is 2. The molecule has 154 valence electrons. The monoisotopic (exact) mass is 395 g/mol. The van der Waals surface area contributed by atoms with Crippen molar-refractivity contribution in [1.82, 2.24) is 14.9 Å². The summed E-state index contributed by atoms with van der Waals surface area (Å²) < 4.78 is 10.7. The van der Waals surface area contributed by atoms with Crippen molar-refractivity contribution in [2.75, 3.05) is 62.3 Å². The molecular weight excluding hydrogens is 370 g/mol. The Morgan fingerprint density at radius 3 is 2.57 bits per heavy atom. The number of anilines is 2. The highest BCUT2D eigenvalue weighted by Gasteiger charge is 2.34. The number of β-amino-alcohol motifs (C(OH)–C–C–N with tert-alkyl or cyclic N) is 1. The Bertz CT molecular complexity index is 737. The van der Waals surface area contributed by atoms with Crippen LogP contribution < -0.4 is 14.5 Å². The Labute approximate surface area is 162 Å². The number of piperazine rings is 1. The fourth-order valence-corrected chi connectivity index (χ4v) is 3.16. The van der Waals surface area contributed by atoms with Gasteiger partial charge in [0.15, 0.2) is 18.2 Å². The van der Waals surface area contributed by atoms with Crippen LogP contribution in [0.2, 0.25) is 0 Å². The van der Waals surface area contributed by atoms with Gasteiger partial charge in [0.25, 0.3) is 5.91 Å². The van der Waals surface area contributed by atoms with Gasteiger partial charge < -0.3 is 29.5 Å². The fourth-order valence-electron chi connectivity index (χ4n) is 3.16. The summed E-state index contributed by atoms with van der Waals surface area (Å²) in [6, 6.07) is 0. The molecule has 2 amide bonds. The van der Waals surface area contributed by atoms with Crippen LogP contribution in [-0.2, 0) is 9.53 Å². The molecule has 0 radical (unpaired) electrons. The molecule has 0 spiro atoms. The summed E-state index contributed by atoms with van der Waals surface area (Å²) in [7, 11) is 0. The van der Waals surface area contributed by atoms with Crippen LogP contribution in [0.1, 0.15) is 12.7 Å². The van der Waals surface area contributed by atoms with Crippen LogP contribution in [0.15, 0.2) is 0 Å². The molecule has 1 aromatic heterocycles. The molecule has 2 aliphatic rings. The van der Waals surface area contributed by atoms with Gasteiger partial charge >= 0.3 is 6.09 Å². The van der Waals surface area contributed by atoms with Crippen LogP contribution in [-0.4, -0.2) is 95.7 Å². The maximum absolute atomic E-state index is 12.3. The van der Waals surface area contributed by atoms with Crippen molar-refractivity contribution in [1.29, 1.82) is 0 Å². The molecule has 0 saturated carbocycles. The molecule has 3 rings (SSSR count). The van der Waals surface area contributed by atoms with E-state index in [1.165, 1.54) is 4.90 Å². The minimum Gasteiger partial charge on any atom is -0.476 e. The highest BCUT2D eigenvalue weighted by atomic mass is 16.6. The van der Waals surface area contributed by atoms with Gasteiger partial charge in [-0.05, 0) is 13.8 Å². The van der Waals surface area contributed by atoms with Crippen molar-refractivity contribution in [3.8, 4) is 5.75 Å². The molecule has 2 N–H and O–H groups in total. The van der Waals surface area contributed by atoms with E-state index >= 15 is 0 Å². The zero-order chi connectivity index (χ0) is 20.3. The average Bonchev–Trinajstić information content (AvgIpc) is 2.69. The van der Waals surface area contributed by atoms with Crippen molar-refractivity contribution < 1.29 is 29.3 Å². The molecule has 0 aromatic carbocycles. The molecule has 1 unspecified atom stereocenters. The quantitative estimate of drug-likeness (QED) is 0.654. The summed E-state index contributed by atoms with van der Waals surface area (Å²) >= 11 is 0. The second-order valence-corrected chi connectivity index (χ2v) is 6.55. The van der Waals surface area contributed by atoms with E-state index < -0.39 is 12.7 Å². The van der Waals surface area contributed by atoms with Crippen LogP contribution in [0.5, 0.6) is 5.75 Å². The van der Waals surface area contributed by atoms with Crippen LogP contribution in [0, 0.1) is 6.92 Å². The summed E-state index contributed by atoms with van der Waals surface area (Å²) in [6.45, 7) is 5.05. The van der Waals surface area contributed by atoms with E-state index in [9.17, 15) is 14.7 Å². The Hall–Kier alpha value is -2.66. The van der Waals surface area contributed by atoms with Gasteiger partial charge in [-0.2, -0.15) is 0 Å². The number of aryl methyl sites for hydroxylation is 1. The number of nitrogens with zero attached hydrogens (tertiary/aromatic N) is 5. The van der Waals surface area contributed by atoms with E-state index in [4.69, 9.17) is 14.6 Å². The SMILES string of the molecule is CCOC(=O)N1CCN(c2nc(C)nc3c2OCC(=O)N3CC(O)CO)CC1. The van der Waals surface area contributed by atoms with E-state index in [1.807, 2.05) is 4.90 Å². The van der Waals surface area contributed by atoms with Crippen molar-refractivity contribution in [3.63, 3.8) is 0 Å². The smallest absolute Gasteiger partial charge is 0.409 e. The largest absolute Gasteiger partial charge is 0.476 e. The number of ether oxygens (including phenoxy) is 2. The lowest BCUT2D eigenvalue weighted by Crippen LogP contribution is -2.50. The second kappa shape index (κ2) is 8.57. The van der Waals surface area contributed by atoms with Crippen LogP contribution >= 0.6 is 0 Å². The molecule has 2 aliphatic heterocycles. The topological polar surface area (TPSA) is 129 Å². The minimum absolute atomic E-state index is 0.0851. The maximum Gasteiger partial charge on any atom is 0.409 e. The van der Waals surface area contributed by atoms with Crippen molar-refractivity contribution in [2.24, 2.45) is 0 Å². The second-order valence-electron chi connectivity index (χ2n) is 6.55. The highest BCUT2D eigenvalue weighted by Crippen LogP contribution is 2.38. The Balaban J connectivity index is 1.83. The molecule has 11 heteroatoms. The predicted octanol–water partition coefficient (Wildman–Crippen LogP) is -0.858. The van der Waals surface area contributed by atoms with E-state index in [0.29, 0.717) is 50.2 Å². The normalized spacial score (nSPS) is 17.9. The van der Waals surface area contributed by atoms with E-state index in [-0.39, 0.29) is 31.0 Å². The Kier molecular flexibility index (Phi) is 6.15. The number of fused-ring (bicyclic) bond motifs is 1. The summed E-state index contributed by atoms with van der Waals surface area (Å²) in [5.41, 5.74) is 0. The van der Waals surface area contributed by atoms with Gasteiger partial charge in [0.05, 0.1) is 25.9 Å². The van der Waals surface area contributed by atoms with Crippen LogP contribution in [0.25, 0.3) is 0 Å². The first-order chi connectivity index (χ1) is 13.4. The van der Waals surface area contributed by atoms with Gasteiger partial charge in [-0.1, -0.05) is 0 Å². The first-order valence-corrected chi connectivity index (χ1v) is 9.22. The van der Waals surface area contributed by atoms with Crippen LogP contribution in [0.3, 0.4) is 0 Å². The third-order valence-corrected chi connectivity index (χ3v) is 4.55. The first-order valence-electron chi connectivity index (χ1n) is 9.22. The summed E-state index contributed by atoms with van der Waals surface area (Å²) in [4.78, 5) is 37.9. The van der Waals surface area contributed by atoms with E-state index in [1.54, 1.807) is 18.7 Å². The molecule has 1 fully saturated rings. The zero-order valence-electron chi connectivity index (χ0n) is 16.0. The van der Waals surface area contributed by atoms with Crippen molar-refractivity contribution >= 4 is 23.6 Å². The summed E-state index contributed by atoms with van der Waals surface area (Å²) in [5, 5.41) is 18.9.